The van der Waals surface area contributed by atoms with Crippen LogP contribution in [0.4, 0.5) is 10.1 Å². The Labute approximate surface area is 120 Å². The monoisotopic (exact) mass is 278 g/mol. The lowest BCUT2D eigenvalue weighted by atomic mass is 9.90. The number of fused-ring (bicyclic) bond motifs is 1. The van der Waals surface area contributed by atoms with Crippen LogP contribution >= 0.6 is 0 Å². The van der Waals surface area contributed by atoms with E-state index in [0.29, 0.717) is 25.1 Å². The van der Waals surface area contributed by atoms with Gasteiger partial charge in [-0.25, -0.2) is 4.39 Å². The number of hydrogen-bond donors (Lipinski definition) is 2. The standard InChI is InChI=1S/C16H23FN2O/c1-16(2,3)8-6-14(20)19-13-5-4-11-10-18-9-7-12(11)15(13)17/h4-5,18H,6-10H2,1-3H3,(H,19,20). The Morgan fingerprint density at radius 2 is 2.15 bits per heavy atom. The molecular formula is C16H23FN2O. The smallest absolute Gasteiger partial charge is 0.224 e. The third kappa shape index (κ3) is 3.79. The van der Waals surface area contributed by atoms with Crippen LogP contribution in [0.5, 0.6) is 0 Å². The largest absolute Gasteiger partial charge is 0.324 e. The number of carbonyl (C=O) groups excluding carboxylic acids is 1. The van der Waals surface area contributed by atoms with Crippen molar-refractivity contribution in [3.05, 3.63) is 29.1 Å². The average Bonchev–Trinajstić information content (AvgIpc) is 2.39. The van der Waals surface area contributed by atoms with Gasteiger partial charge in [-0.05, 0) is 42.0 Å². The number of amides is 1. The minimum absolute atomic E-state index is 0.109. The van der Waals surface area contributed by atoms with E-state index in [1.807, 2.05) is 6.07 Å². The Hall–Kier alpha value is -1.42. The van der Waals surface area contributed by atoms with E-state index >= 15 is 0 Å². The Balaban J connectivity index is 2.05. The summed E-state index contributed by atoms with van der Waals surface area (Å²) in [5, 5.41) is 5.91. The van der Waals surface area contributed by atoms with E-state index in [1.54, 1.807) is 6.07 Å². The van der Waals surface area contributed by atoms with Crippen molar-refractivity contribution in [2.45, 2.75) is 46.6 Å². The number of halogens is 1. The normalized spacial score (nSPS) is 14.8. The molecule has 0 aromatic heterocycles. The topological polar surface area (TPSA) is 41.1 Å². The van der Waals surface area contributed by atoms with Gasteiger partial charge in [0.05, 0.1) is 5.69 Å². The molecule has 0 atom stereocenters. The molecule has 3 nitrogen and oxygen atoms in total. The van der Waals surface area contributed by atoms with Gasteiger partial charge in [-0.15, -0.1) is 0 Å². The van der Waals surface area contributed by atoms with Crippen molar-refractivity contribution in [2.24, 2.45) is 5.41 Å². The van der Waals surface area contributed by atoms with Gasteiger partial charge in [0.25, 0.3) is 0 Å². The fourth-order valence-corrected chi connectivity index (χ4v) is 2.33. The summed E-state index contributed by atoms with van der Waals surface area (Å²) < 4.78 is 14.3. The quantitative estimate of drug-likeness (QED) is 0.891. The molecular weight excluding hydrogens is 255 g/mol. The first kappa shape index (κ1) is 15.0. The van der Waals surface area contributed by atoms with Gasteiger partial charge in [0.2, 0.25) is 5.91 Å². The molecule has 0 unspecified atom stereocenters. The summed E-state index contributed by atoms with van der Waals surface area (Å²) in [6.07, 6.45) is 1.88. The third-order valence-electron chi connectivity index (χ3n) is 3.58. The second-order valence-electron chi connectivity index (χ2n) is 6.60. The minimum atomic E-state index is -0.270. The van der Waals surface area contributed by atoms with Crippen molar-refractivity contribution in [2.75, 3.05) is 11.9 Å². The maximum Gasteiger partial charge on any atom is 0.224 e. The van der Waals surface area contributed by atoms with Crippen LogP contribution in [-0.4, -0.2) is 12.5 Å². The van der Waals surface area contributed by atoms with Gasteiger partial charge in [-0.1, -0.05) is 26.8 Å². The van der Waals surface area contributed by atoms with E-state index in [4.69, 9.17) is 0 Å². The maximum atomic E-state index is 14.3. The zero-order valence-corrected chi connectivity index (χ0v) is 12.5. The predicted molar refractivity (Wildman–Crippen MR) is 79.1 cm³/mol. The molecule has 0 saturated heterocycles. The van der Waals surface area contributed by atoms with Crippen LogP contribution < -0.4 is 10.6 Å². The van der Waals surface area contributed by atoms with E-state index in [9.17, 15) is 9.18 Å². The first-order valence-electron chi connectivity index (χ1n) is 7.18. The zero-order chi connectivity index (χ0) is 14.8. The second-order valence-corrected chi connectivity index (χ2v) is 6.60. The van der Waals surface area contributed by atoms with Crippen LogP contribution in [0, 0.1) is 11.2 Å². The summed E-state index contributed by atoms with van der Waals surface area (Å²) in [5.41, 5.74) is 2.14. The molecule has 2 rings (SSSR count). The molecule has 0 bridgehead atoms. The van der Waals surface area contributed by atoms with Gasteiger partial charge >= 0.3 is 0 Å². The SMILES string of the molecule is CC(C)(C)CCC(=O)Nc1ccc2c(c1F)CCNC2. The fourth-order valence-electron chi connectivity index (χ4n) is 2.33. The van der Waals surface area contributed by atoms with E-state index in [-0.39, 0.29) is 17.1 Å². The van der Waals surface area contributed by atoms with E-state index in [1.165, 1.54) is 0 Å². The molecule has 0 saturated carbocycles. The number of nitrogens with one attached hydrogen (secondary N) is 2. The average molecular weight is 278 g/mol. The predicted octanol–water partition coefficient (Wildman–Crippen LogP) is 3.24. The van der Waals surface area contributed by atoms with Crippen molar-refractivity contribution in [3.63, 3.8) is 0 Å². The highest BCUT2D eigenvalue weighted by atomic mass is 19.1. The Morgan fingerprint density at radius 3 is 2.85 bits per heavy atom. The highest BCUT2D eigenvalue weighted by Gasteiger charge is 2.18. The molecule has 0 fully saturated rings. The van der Waals surface area contributed by atoms with Gasteiger partial charge in [-0.2, -0.15) is 0 Å². The lowest BCUT2D eigenvalue weighted by molar-refractivity contribution is -0.116. The summed E-state index contributed by atoms with van der Waals surface area (Å²) in [7, 11) is 0. The summed E-state index contributed by atoms with van der Waals surface area (Å²) in [4.78, 5) is 11.9. The molecule has 0 spiro atoms. The van der Waals surface area contributed by atoms with Crippen LogP contribution in [-0.2, 0) is 17.8 Å². The summed E-state index contributed by atoms with van der Waals surface area (Å²) >= 11 is 0. The lowest BCUT2D eigenvalue weighted by Gasteiger charge is -2.20. The van der Waals surface area contributed by atoms with Crippen molar-refractivity contribution in [3.8, 4) is 0 Å². The molecule has 1 amide bonds. The number of carbonyl (C=O) groups is 1. The highest BCUT2D eigenvalue weighted by Crippen LogP contribution is 2.25. The number of hydrogen-bond acceptors (Lipinski definition) is 2. The molecule has 1 aromatic carbocycles. The van der Waals surface area contributed by atoms with Gasteiger partial charge in [0, 0.05) is 13.0 Å². The molecule has 2 N–H and O–H groups in total. The summed E-state index contributed by atoms with van der Waals surface area (Å²) in [6, 6.07) is 3.56. The van der Waals surface area contributed by atoms with Gasteiger partial charge in [0.15, 0.2) is 0 Å². The summed E-state index contributed by atoms with van der Waals surface area (Å²) in [5.74, 6) is -0.388. The Bertz CT molecular complexity index is 506. The lowest BCUT2D eigenvalue weighted by Crippen LogP contribution is -2.25. The Kier molecular flexibility index (Phi) is 4.43. The van der Waals surface area contributed by atoms with Crippen LogP contribution in [0.3, 0.4) is 0 Å². The first-order chi connectivity index (χ1) is 9.37. The van der Waals surface area contributed by atoms with Crippen molar-refractivity contribution >= 4 is 11.6 Å². The van der Waals surface area contributed by atoms with Crippen molar-refractivity contribution in [1.29, 1.82) is 0 Å². The molecule has 20 heavy (non-hydrogen) atoms. The van der Waals surface area contributed by atoms with Crippen LogP contribution in [0.15, 0.2) is 12.1 Å². The number of rotatable bonds is 3. The van der Waals surface area contributed by atoms with Crippen LogP contribution in [0.2, 0.25) is 0 Å². The highest BCUT2D eigenvalue weighted by molar-refractivity contribution is 5.91. The Morgan fingerprint density at radius 1 is 1.40 bits per heavy atom. The van der Waals surface area contributed by atoms with Crippen LogP contribution in [0.25, 0.3) is 0 Å². The fraction of sp³-hybridized carbons (Fsp3) is 0.562. The second kappa shape index (κ2) is 5.92. The molecule has 1 aliphatic rings. The first-order valence-corrected chi connectivity index (χ1v) is 7.18. The van der Waals surface area contributed by atoms with Crippen molar-refractivity contribution in [1.82, 2.24) is 5.32 Å². The van der Waals surface area contributed by atoms with Crippen molar-refractivity contribution < 1.29 is 9.18 Å². The van der Waals surface area contributed by atoms with E-state index in [2.05, 4.69) is 31.4 Å². The number of benzene rings is 1. The molecule has 110 valence electrons. The maximum absolute atomic E-state index is 14.3. The molecule has 1 aromatic rings. The van der Waals surface area contributed by atoms with Gasteiger partial charge in [-0.3, -0.25) is 4.79 Å². The molecule has 1 heterocycles. The zero-order valence-electron chi connectivity index (χ0n) is 12.5. The van der Waals surface area contributed by atoms with E-state index in [0.717, 1.165) is 24.1 Å². The molecule has 4 heteroatoms. The minimum Gasteiger partial charge on any atom is -0.324 e. The van der Waals surface area contributed by atoms with Gasteiger partial charge < -0.3 is 10.6 Å². The van der Waals surface area contributed by atoms with Crippen LogP contribution in [0.1, 0.15) is 44.7 Å². The third-order valence-corrected chi connectivity index (χ3v) is 3.58. The summed E-state index contributed by atoms with van der Waals surface area (Å²) in [6.45, 7) is 7.75. The van der Waals surface area contributed by atoms with E-state index < -0.39 is 0 Å². The molecule has 0 radical (unpaired) electrons. The molecule has 1 aliphatic heterocycles. The number of anilines is 1. The van der Waals surface area contributed by atoms with Gasteiger partial charge in [0.1, 0.15) is 5.82 Å². The molecule has 0 aliphatic carbocycles.